The number of amides is 3. The maximum absolute atomic E-state index is 13.5. The molecule has 1 spiro atoms. The Morgan fingerprint density at radius 2 is 1.82 bits per heavy atom. The number of aromatic nitrogens is 1. The standard InChI is InChI=1S/C24H27FN4O4/c1-12-10-15(6-7-16(12)25)27-20(31)17-13(2)18(29(5)14(17)3)19(30)21(32)28-23(4)22(33)26-11-24(23)8-9-24/h6-7,10H,8-9,11H2,1-5H3,(H,26,33)(H,27,31)(H,28,32). The number of anilines is 1. The first kappa shape index (κ1) is 22.7. The second-order valence-corrected chi connectivity index (χ2v) is 9.28. The molecule has 1 saturated carbocycles. The van der Waals surface area contributed by atoms with Crippen LogP contribution in [0.5, 0.6) is 0 Å². The Hall–Kier alpha value is -3.49. The van der Waals surface area contributed by atoms with Crippen molar-refractivity contribution in [3.63, 3.8) is 0 Å². The van der Waals surface area contributed by atoms with Gasteiger partial charge in [-0.3, -0.25) is 19.2 Å². The van der Waals surface area contributed by atoms with E-state index in [9.17, 15) is 23.6 Å². The van der Waals surface area contributed by atoms with Crippen molar-refractivity contribution in [2.75, 3.05) is 11.9 Å². The van der Waals surface area contributed by atoms with Crippen molar-refractivity contribution in [2.24, 2.45) is 12.5 Å². The van der Waals surface area contributed by atoms with Crippen molar-refractivity contribution in [3.05, 3.63) is 52.1 Å². The molecule has 3 amide bonds. The van der Waals surface area contributed by atoms with E-state index < -0.39 is 23.1 Å². The highest BCUT2D eigenvalue weighted by atomic mass is 19.1. The summed E-state index contributed by atoms with van der Waals surface area (Å²) in [5, 5.41) is 8.17. The highest BCUT2D eigenvalue weighted by Crippen LogP contribution is 2.56. The van der Waals surface area contributed by atoms with Gasteiger partial charge in [-0.15, -0.1) is 0 Å². The maximum atomic E-state index is 13.5. The van der Waals surface area contributed by atoms with E-state index >= 15 is 0 Å². The van der Waals surface area contributed by atoms with Crippen LogP contribution < -0.4 is 16.0 Å². The number of nitrogens with one attached hydrogen (secondary N) is 3. The van der Waals surface area contributed by atoms with Gasteiger partial charge in [-0.1, -0.05) is 0 Å². The van der Waals surface area contributed by atoms with Crippen LogP contribution in [0, 0.1) is 32.0 Å². The molecule has 9 heteroatoms. The number of carbonyl (C=O) groups excluding carboxylic acids is 4. The van der Waals surface area contributed by atoms with Crippen molar-refractivity contribution in [1.29, 1.82) is 0 Å². The number of hydrogen-bond donors (Lipinski definition) is 3. The Morgan fingerprint density at radius 3 is 2.42 bits per heavy atom. The topological polar surface area (TPSA) is 109 Å². The van der Waals surface area contributed by atoms with E-state index in [1.165, 1.54) is 22.8 Å². The second kappa shape index (κ2) is 7.54. The molecule has 33 heavy (non-hydrogen) atoms. The third-order valence-corrected chi connectivity index (χ3v) is 7.31. The molecule has 2 aliphatic rings. The summed E-state index contributed by atoms with van der Waals surface area (Å²) in [6, 6.07) is 4.23. The molecule has 8 nitrogen and oxygen atoms in total. The van der Waals surface area contributed by atoms with Crippen molar-refractivity contribution >= 4 is 29.2 Å². The van der Waals surface area contributed by atoms with Crippen LogP contribution in [0.4, 0.5) is 10.1 Å². The molecule has 1 unspecified atom stereocenters. The molecule has 1 aromatic heterocycles. The van der Waals surface area contributed by atoms with Crippen LogP contribution in [0.1, 0.15) is 57.4 Å². The van der Waals surface area contributed by atoms with E-state index in [2.05, 4.69) is 16.0 Å². The van der Waals surface area contributed by atoms with Crippen molar-refractivity contribution in [2.45, 2.75) is 46.1 Å². The number of halogens is 1. The summed E-state index contributed by atoms with van der Waals surface area (Å²) in [6.45, 7) is 7.00. The quantitative estimate of drug-likeness (QED) is 0.476. The normalized spacial score (nSPS) is 20.5. The van der Waals surface area contributed by atoms with Gasteiger partial charge in [0.1, 0.15) is 11.4 Å². The summed E-state index contributed by atoms with van der Waals surface area (Å²) < 4.78 is 15.0. The summed E-state index contributed by atoms with van der Waals surface area (Å²) >= 11 is 0. The predicted octanol–water partition coefficient (Wildman–Crippen LogP) is 2.31. The van der Waals surface area contributed by atoms with Gasteiger partial charge in [-0.25, -0.2) is 4.39 Å². The lowest BCUT2D eigenvalue weighted by atomic mass is 9.85. The number of ketones is 1. The summed E-state index contributed by atoms with van der Waals surface area (Å²) in [6.07, 6.45) is 1.60. The van der Waals surface area contributed by atoms with Gasteiger partial charge in [0.25, 0.3) is 17.6 Å². The first-order valence-electron chi connectivity index (χ1n) is 10.8. The van der Waals surface area contributed by atoms with E-state index in [0.717, 1.165) is 12.8 Å². The van der Waals surface area contributed by atoms with Gasteiger partial charge >= 0.3 is 0 Å². The van der Waals surface area contributed by atoms with Gasteiger partial charge in [0.2, 0.25) is 5.91 Å². The molecule has 1 aromatic carbocycles. The maximum Gasteiger partial charge on any atom is 0.294 e. The Kier molecular flexibility index (Phi) is 5.18. The number of benzene rings is 1. The predicted molar refractivity (Wildman–Crippen MR) is 120 cm³/mol. The zero-order chi connectivity index (χ0) is 24.3. The van der Waals surface area contributed by atoms with Crippen LogP contribution in [0.2, 0.25) is 0 Å². The summed E-state index contributed by atoms with van der Waals surface area (Å²) in [7, 11) is 1.61. The summed E-state index contributed by atoms with van der Waals surface area (Å²) in [4.78, 5) is 51.5. The SMILES string of the molecule is Cc1cc(NC(=O)c2c(C)c(C(=O)C(=O)NC3(C)C(=O)NCC34CC4)n(C)c2C)ccc1F. The fraction of sp³-hybridized carbons (Fsp3) is 0.417. The highest BCUT2D eigenvalue weighted by molar-refractivity contribution is 6.43. The van der Waals surface area contributed by atoms with Crippen molar-refractivity contribution in [1.82, 2.24) is 15.2 Å². The lowest BCUT2D eigenvalue weighted by Gasteiger charge is -2.29. The van der Waals surface area contributed by atoms with Crippen LogP contribution >= 0.6 is 0 Å². The molecular formula is C24H27FN4O4. The minimum absolute atomic E-state index is 0.0808. The minimum Gasteiger partial charge on any atom is -0.353 e. The molecular weight excluding hydrogens is 427 g/mol. The smallest absolute Gasteiger partial charge is 0.294 e. The van der Waals surface area contributed by atoms with Crippen molar-refractivity contribution in [3.8, 4) is 0 Å². The average Bonchev–Trinajstić information content (AvgIpc) is 3.47. The first-order chi connectivity index (χ1) is 15.4. The number of rotatable bonds is 5. The molecule has 174 valence electrons. The molecule has 1 saturated heterocycles. The number of Topliss-reactive ketones (excluding diaryl/α,β-unsaturated/α-hetero) is 1. The lowest BCUT2D eigenvalue weighted by molar-refractivity contribution is -0.130. The van der Waals surface area contributed by atoms with E-state index in [4.69, 9.17) is 0 Å². The molecule has 0 bridgehead atoms. The van der Waals surface area contributed by atoms with Crippen LogP contribution in [0.25, 0.3) is 0 Å². The van der Waals surface area contributed by atoms with Crippen LogP contribution in [0.3, 0.4) is 0 Å². The van der Waals surface area contributed by atoms with Gasteiger partial charge in [-0.05, 0) is 69.9 Å². The van der Waals surface area contributed by atoms with E-state index in [0.29, 0.717) is 29.1 Å². The number of hydrogen-bond acceptors (Lipinski definition) is 4. The first-order valence-corrected chi connectivity index (χ1v) is 10.8. The minimum atomic E-state index is -1.14. The van der Waals surface area contributed by atoms with Gasteiger partial charge in [0.15, 0.2) is 0 Å². The second-order valence-electron chi connectivity index (χ2n) is 9.28. The van der Waals surface area contributed by atoms with Crippen LogP contribution in [-0.4, -0.2) is 40.2 Å². The summed E-state index contributed by atoms with van der Waals surface area (Å²) in [5.74, 6) is -2.84. The van der Waals surface area contributed by atoms with Crippen LogP contribution in [-0.2, 0) is 16.6 Å². The zero-order valence-corrected chi connectivity index (χ0v) is 19.3. The molecule has 2 heterocycles. The van der Waals surface area contributed by atoms with Crippen molar-refractivity contribution < 1.29 is 23.6 Å². The van der Waals surface area contributed by atoms with Gasteiger partial charge in [0, 0.05) is 30.4 Å². The van der Waals surface area contributed by atoms with Gasteiger partial charge < -0.3 is 20.5 Å². The molecule has 4 rings (SSSR count). The molecule has 3 N–H and O–H groups in total. The number of aryl methyl sites for hydroxylation is 1. The molecule has 2 fully saturated rings. The molecule has 1 atom stereocenters. The molecule has 0 radical (unpaired) electrons. The largest absolute Gasteiger partial charge is 0.353 e. The number of nitrogens with zero attached hydrogens (tertiary/aromatic N) is 1. The Balaban J connectivity index is 1.60. The monoisotopic (exact) mass is 454 g/mol. The molecule has 2 aromatic rings. The van der Waals surface area contributed by atoms with E-state index in [-0.39, 0.29) is 28.4 Å². The van der Waals surface area contributed by atoms with Crippen LogP contribution in [0.15, 0.2) is 18.2 Å². The van der Waals surface area contributed by atoms with E-state index in [1.54, 1.807) is 34.7 Å². The van der Waals surface area contributed by atoms with Gasteiger partial charge in [-0.2, -0.15) is 0 Å². The third-order valence-electron chi connectivity index (χ3n) is 7.31. The van der Waals surface area contributed by atoms with E-state index in [1.807, 2.05) is 0 Å². The molecule has 1 aliphatic carbocycles. The fourth-order valence-corrected chi connectivity index (χ4v) is 4.80. The fourth-order valence-electron chi connectivity index (χ4n) is 4.80. The summed E-state index contributed by atoms with van der Waals surface area (Å²) in [5.41, 5.74) is 0.516. The number of carbonyl (C=O) groups is 4. The Bertz CT molecular complexity index is 1230. The van der Waals surface area contributed by atoms with Gasteiger partial charge in [0.05, 0.1) is 11.3 Å². The third kappa shape index (κ3) is 3.42. The lowest BCUT2D eigenvalue weighted by Crippen LogP contribution is -2.57. The highest BCUT2D eigenvalue weighted by Gasteiger charge is 2.65. The average molecular weight is 455 g/mol. The Labute approximate surface area is 190 Å². The zero-order valence-electron chi connectivity index (χ0n) is 19.3. The molecule has 1 aliphatic heterocycles. The Morgan fingerprint density at radius 1 is 1.15 bits per heavy atom.